The number of aryl methyl sites for hydroxylation is 2. The summed E-state index contributed by atoms with van der Waals surface area (Å²) >= 11 is -1.87. The molecule has 3 aromatic carbocycles. The number of rotatable bonds is 8. The van der Waals surface area contributed by atoms with Crippen molar-refractivity contribution in [1.29, 1.82) is 0 Å². The van der Waals surface area contributed by atoms with Crippen LogP contribution in [0.25, 0.3) is 55.8 Å². The summed E-state index contributed by atoms with van der Waals surface area (Å²) in [6, 6.07) is 36.5. The van der Waals surface area contributed by atoms with Crippen LogP contribution in [0.1, 0.15) is 87.5 Å². The number of hydrogen-bond donors (Lipinski definition) is 0. The van der Waals surface area contributed by atoms with Crippen molar-refractivity contribution in [3.63, 3.8) is 0 Å². The largest absolute Gasteiger partial charge is 0 e. The Morgan fingerprint density at radius 1 is 0.741 bits per heavy atom. The van der Waals surface area contributed by atoms with Gasteiger partial charge in [0.15, 0.2) is 0 Å². The minimum Gasteiger partial charge on any atom is 0 e. The quantitative estimate of drug-likeness (QED) is 0.112. The second-order valence-corrected chi connectivity index (χ2v) is 28.8. The van der Waals surface area contributed by atoms with Gasteiger partial charge in [-0.15, -0.1) is 17.7 Å². The Hall–Kier alpha value is -3.90. The first kappa shape index (κ1) is 42.2. The first-order valence-corrected chi connectivity index (χ1v) is 28.6. The Labute approximate surface area is 362 Å². The van der Waals surface area contributed by atoms with E-state index in [1.165, 1.54) is 80.0 Å². The molecule has 2 saturated carbocycles. The molecule has 6 heteroatoms. The van der Waals surface area contributed by atoms with E-state index in [9.17, 15) is 0 Å². The summed E-state index contributed by atoms with van der Waals surface area (Å²) in [5.74, 6) is 9.05. The molecule has 0 amide bonds. The molecule has 0 aliphatic heterocycles. The fourth-order valence-corrected chi connectivity index (χ4v) is 12.9. The summed E-state index contributed by atoms with van der Waals surface area (Å²) in [7, 11) is 0. The number of furan rings is 1. The van der Waals surface area contributed by atoms with Gasteiger partial charge in [0.05, 0.1) is 11.3 Å². The Balaban J connectivity index is 0.000000192. The average molecular weight is 1000 g/mol. The standard InChI is InChI=1S/C32H31N2O.C20H26GeN.Ir/c1-20-8-7-9-21(2)30(20)27-15-14-26-25-13-12-22(18-29(25)35-31(26)34-27)28-19-24(16-17-33-28)32(3,4)23-10-5-6-11-23;1-21(2,3)19-15-22-20(17-11-5-4-6-12-17)14-18(19)13-16-9-7-8-10-16;/h7-9,12-17,19,23H,5-6,10-11H2,1-4H3;4-6,11,14-16H,7-10,13H2,1-3H3;/q2*-1;. The Bertz CT molecular complexity index is 2490. The van der Waals surface area contributed by atoms with Gasteiger partial charge in [-0.2, -0.15) is 0 Å². The second kappa shape index (κ2) is 17.8. The third kappa shape index (κ3) is 8.98. The van der Waals surface area contributed by atoms with Crippen molar-refractivity contribution in [2.24, 2.45) is 11.8 Å². The van der Waals surface area contributed by atoms with E-state index in [1.54, 1.807) is 9.96 Å². The summed E-state index contributed by atoms with van der Waals surface area (Å²) in [5.41, 5.74) is 13.1. The molecule has 58 heavy (non-hydrogen) atoms. The van der Waals surface area contributed by atoms with Gasteiger partial charge >= 0.3 is 137 Å². The van der Waals surface area contributed by atoms with Gasteiger partial charge in [-0.1, -0.05) is 68.5 Å². The second-order valence-electron chi connectivity index (χ2n) is 18.3. The number of pyridine rings is 3. The predicted octanol–water partition coefficient (Wildman–Crippen LogP) is 13.4. The SMILES string of the molecule is Cc1cccc(C)c1-c1ccc2c(n1)oc1[c-]c(-c3cc(C(C)(C)C4CCCC4)ccn3)ccc12.[CH3][Ge]([CH3])([CH3])[c]1cnc(-c2[c-]cccc2)cc1CC1CCCC1.[Ir]. The van der Waals surface area contributed by atoms with E-state index in [4.69, 9.17) is 19.4 Å². The molecule has 9 rings (SSSR count). The molecule has 4 aromatic heterocycles. The normalized spacial score (nSPS) is 15.1. The third-order valence-corrected chi connectivity index (χ3v) is 17.3. The number of benzene rings is 3. The van der Waals surface area contributed by atoms with E-state index in [1.807, 2.05) is 18.3 Å². The van der Waals surface area contributed by atoms with Crippen LogP contribution < -0.4 is 4.40 Å². The minimum absolute atomic E-state index is 0. The van der Waals surface area contributed by atoms with Gasteiger partial charge in [0.1, 0.15) is 0 Å². The molecule has 2 aliphatic carbocycles. The molecule has 4 nitrogen and oxygen atoms in total. The molecule has 0 saturated heterocycles. The number of fused-ring (bicyclic) bond motifs is 3. The molecule has 2 aliphatic rings. The Morgan fingerprint density at radius 3 is 2.16 bits per heavy atom. The van der Waals surface area contributed by atoms with E-state index in [2.05, 4.69) is 136 Å². The van der Waals surface area contributed by atoms with E-state index in [-0.39, 0.29) is 25.5 Å². The molecule has 1 radical (unpaired) electrons. The third-order valence-electron chi connectivity index (χ3n) is 12.9. The van der Waals surface area contributed by atoms with Crippen molar-refractivity contribution in [2.75, 3.05) is 0 Å². The summed E-state index contributed by atoms with van der Waals surface area (Å²) in [4.78, 5) is 14.4. The number of aromatic nitrogens is 3. The molecule has 2 fully saturated rings. The van der Waals surface area contributed by atoms with Crippen molar-refractivity contribution in [1.82, 2.24) is 15.0 Å². The molecule has 7 aromatic rings. The van der Waals surface area contributed by atoms with Crippen LogP contribution in [0.4, 0.5) is 0 Å². The zero-order chi connectivity index (χ0) is 39.7. The predicted molar refractivity (Wildman–Crippen MR) is 241 cm³/mol. The number of hydrogen-bond acceptors (Lipinski definition) is 4. The first-order chi connectivity index (χ1) is 27.5. The zero-order valence-corrected chi connectivity index (χ0v) is 39.8. The van der Waals surface area contributed by atoms with Crippen LogP contribution >= 0.6 is 0 Å². The zero-order valence-electron chi connectivity index (χ0n) is 35.3. The van der Waals surface area contributed by atoms with Crippen molar-refractivity contribution in [3.05, 3.63) is 132 Å². The maximum Gasteiger partial charge on any atom is 0 e. The van der Waals surface area contributed by atoms with E-state index in [0.29, 0.717) is 5.71 Å². The van der Waals surface area contributed by atoms with Crippen LogP contribution in [0.3, 0.4) is 0 Å². The fourth-order valence-electron chi connectivity index (χ4n) is 9.52. The summed E-state index contributed by atoms with van der Waals surface area (Å²) in [5, 5.41) is 2.05. The average Bonchev–Trinajstić information content (AvgIpc) is 4.00. The van der Waals surface area contributed by atoms with Crippen molar-refractivity contribution in [2.45, 2.75) is 108 Å². The van der Waals surface area contributed by atoms with Crippen LogP contribution in [0.5, 0.6) is 0 Å². The van der Waals surface area contributed by atoms with Crippen LogP contribution in [0.2, 0.25) is 17.3 Å². The molecule has 0 N–H and O–H groups in total. The summed E-state index contributed by atoms with van der Waals surface area (Å²) in [6.45, 7) is 9.02. The molecule has 301 valence electrons. The van der Waals surface area contributed by atoms with E-state index < -0.39 is 13.3 Å². The van der Waals surface area contributed by atoms with Crippen LogP contribution in [0, 0.1) is 37.8 Å². The molecular weight excluding hydrogens is 947 g/mol. The van der Waals surface area contributed by atoms with Crippen LogP contribution in [-0.2, 0) is 31.9 Å². The van der Waals surface area contributed by atoms with Crippen molar-refractivity contribution >= 4 is 39.7 Å². The summed E-state index contributed by atoms with van der Waals surface area (Å²) in [6.07, 6.45) is 16.4. The van der Waals surface area contributed by atoms with Gasteiger partial charge < -0.3 is 9.40 Å². The van der Waals surface area contributed by atoms with Gasteiger partial charge in [-0.05, 0) is 72.5 Å². The molecular formula is C52H57GeIrN3O-2. The van der Waals surface area contributed by atoms with Gasteiger partial charge in [0, 0.05) is 37.3 Å². The molecule has 0 spiro atoms. The monoisotopic (exact) mass is 1010 g/mol. The van der Waals surface area contributed by atoms with Gasteiger partial charge in [-0.25, -0.2) is 4.98 Å². The molecule has 0 atom stereocenters. The molecule has 0 bridgehead atoms. The van der Waals surface area contributed by atoms with Gasteiger partial charge in [0.25, 0.3) is 0 Å². The topological polar surface area (TPSA) is 51.8 Å². The first-order valence-electron chi connectivity index (χ1n) is 21.2. The Morgan fingerprint density at radius 2 is 1.45 bits per heavy atom. The van der Waals surface area contributed by atoms with Gasteiger partial charge in [-0.3, -0.25) is 0 Å². The van der Waals surface area contributed by atoms with Crippen molar-refractivity contribution in [3.8, 4) is 33.8 Å². The molecule has 0 unspecified atom stereocenters. The van der Waals surface area contributed by atoms with Crippen LogP contribution in [0.15, 0.2) is 102 Å². The number of nitrogens with zero attached hydrogens (tertiary/aromatic N) is 3. The maximum absolute atomic E-state index is 6.24. The van der Waals surface area contributed by atoms with E-state index in [0.717, 1.165) is 56.4 Å². The smallest absolute Gasteiger partial charge is 0 e. The minimum atomic E-state index is -1.87. The Kier molecular flexibility index (Phi) is 12.9. The van der Waals surface area contributed by atoms with Crippen LogP contribution in [-0.4, -0.2) is 28.2 Å². The molecule has 4 heterocycles. The van der Waals surface area contributed by atoms with E-state index >= 15 is 0 Å². The maximum atomic E-state index is 6.24. The fraction of sp³-hybridized carbons (Fsp3) is 0.365. The summed E-state index contributed by atoms with van der Waals surface area (Å²) < 4.78 is 7.83. The van der Waals surface area contributed by atoms with Gasteiger partial charge in [0.2, 0.25) is 5.71 Å². The van der Waals surface area contributed by atoms with Crippen molar-refractivity contribution < 1.29 is 24.5 Å².